The minimum atomic E-state index is -0.629. The summed E-state index contributed by atoms with van der Waals surface area (Å²) >= 11 is 0. The van der Waals surface area contributed by atoms with Gasteiger partial charge in [0.25, 0.3) is 0 Å². The second kappa shape index (κ2) is 9.98. The molecule has 1 aromatic carbocycles. The number of ketones is 2. The van der Waals surface area contributed by atoms with E-state index in [1.807, 2.05) is 18.4 Å². The van der Waals surface area contributed by atoms with Crippen LogP contribution >= 0.6 is 0 Å². The maximum absolute atomic E-state index is 13.1. The van der Waals surface area contributed by atoms with Gasteiger partial charge >= 0.3 is 0 Å². The van der Waals surface area contributed by atoms with Gasteiger partial charge < -0.3 is 15.7 Å². The second-order valence-electron chi connectivity index (χ2n) is 8.06. The molecule has 2 heterocycles. The highest BCUT2D eigenvalue weighted by Crippen LogP contribution is 2.20. The Morgan fingerprint density at radius 2 is 1.90 bits per heavy atom. The lowest BCUT2D eigenvalue weighted by Gasteiger charge is -2.27. The summed E-state index contributed by atoms with van der Waals surface area (Å²) in [4.78, 5) is 40.2. The summed E-state index contributed by atoms with van der Waals surface area (Å²) in [5.41, 5.74) is 0.876. The number of nitrogens with one attached hydrogen (secondary N) is 2. The molecule has 7 heteroatoms. The number of nitrogens with zero attached hydrogens (tertiary/aromatic N) is 1. The normalized spacial score (nSPS) is 27.9. The minimum Gasteiger partial charge on any atom is -0.508 e. The van der Waals surface area contributed by atoms with E-state index in [1.165, 1.54) is 0 Å². The molecule has 29 heavy (non-hydrogen) atoms. The predicted molar refractivity (Wildman–Crippen MR) is 109 cm³/mol. The van der Waals surface area contributed by atoms with Gasteiger partial charge in [0.15, 0.2) is 11.6 Å². The van der Waals surface area contributed by atoms with Crippen molar-refractivity contribution in [3.63, 3.8) is 0 Å². The van der Waals surface area contributed by atoms with Gasteiger partial charge in [0, 0.05) is 12.5 Å². The molecule has 0 saturated carbocycles. The molecule has 1 radical (unpaired) electrons. The lowest BCUT2D eigenvalue weighted by Crippen LogP contribution is -2.52. The van der Waals surface area contributed by atoms with Gasteiger partial charge in [-0.05, 0) is 56.3 Å². The fourth-order valence-corrected chi connectivity index (χ4v) is 4.06. The number of aromatic hydroxyl groups is 1. The van der Waals surface area contributed by atoms with E-state index in [0.717, 1.165) is 12.0 Å². The zero-order valence-corrected chi connectivity index (χ0v) is 16.9. The van der Waals surface area contributed by atoms with Crippen molar-refractivity contribution in [2.24, 2.45) is 5.92 Å². The molecule has 3 rings (SSSR count). The number of phenols is 1. The highest BCUT2D eigenvalue weighted by atomic mass is 16.3. The largest absolute Gasteiger partial charge is 0.508 e. The first kappa shape index (κ1) is 21.5. The summed E-state index contributed by atoms with van der Waals surface area (Å²) in [6.07, 6.45) is 3.25. The summed E-state index contributed by atoms with van der Waals surface area (Å²) in [5.74, 6) is -0.164. The summed E-state index contributed by atoms with van der Waals surface area (Å²) in [5, 5.41) is 15.5. The van der Waals surface area contributed by atoms with Crippen LogP contribution in [0.15, 0.2) is 24.3 Å². The Morgan fingerprint density at radius 1 is 1.14 bits per heavy atom. The van der Waals surface area contributed by atoms with E-state index in [0.29, 0.717) is 32.2 Å². The monoisotopic (exact) mass is 400 g/mol. The van der Waals surface area contributed by atoms with E-state index in [1.54, 1.807) is 24.3 Å². The molecule has 2 fully saturated rings. The lowest BCUT2D eigenvalue weighted by molar-refractivity contribution is -0.132. The Labute approximate surface area is 171 Å². The standard InChI is InChI=1S/C22H30N3O4/c1-15-4-2-10-23-13-18(27)14-25-11-3-5-20(25)22(29)24-19(21(15)28)12-16-6-8-17(26)9-7-16/h6-10,15,19-20,23,26H,2-5,11-14H2,1H3,(H,24,29)/t15?,19-,20-/m0/s1. The van der Waals surface area contributed by atoms with Gasteiger partial charge in [0.05, 0.1) is 25.2 Å². The third-order valence-electron chi connectivity index (χ3n) is 5.76. The van der Waals surface area contributed by atoms with Crippen LogP contribution in [0.4, 0.5) is 0 Å². The number of phenolic OH excluding ortho intramolecular Hbond substituents is 1. The number of fused-ring (bicyclic) bond motifs is 1. The van der Waals surface area contributed by atoms with Gasteiger partial charge in [-0.1, -0.05) is 19.1 Å². The van der Waals surface area contributed by atoms with E-state index < -0.39 is 6.04 Å². The highest BCUT2D eigenvalue weighted by Gasteiger charge is 2.34. The molecule has 0 spiro atoms. The molecule has 157 valence electrons. The first-order valence-electron chi connectivity index (χ1n) is 10.4. The van der Waals surface area contributed by atoms with Crippen molar-refractivity contribution >= 4 is 17.5 Å². The topological polar surface area (TPSA) is 98.7 Å². The molecule has 1 amide bonds. The molecule has 2 saturated heterocycles. The maximum Gasteiger partial charge on any atom is 0.237 e. The first-order chi connectivity index (χ1) is 13.9. The number of amides is 1. The highest BCUT2D eigenvalue weighted by molar-refractivity contribution is 5.92. The van der Waals surface area contributed by atoms with Crippen molar-refractivity contribution in [3.05, 3.63) is 36.4 Å². The molecule has 0 bridgehead atoms. The molecule has 0 aliphatic carbocycles. The average molecular weight is 400 g/mol. The van der Waals surface area contributed by atoms with E-state index in [4.69, 9.17) is 0 Å². The minimum absolute atomic E-state index is 0.0116. The van der Waals surface area contributed by atoms with E-state index >= 15 is 0 Å². The van der Waals surface area contributed by atoms with Crippen LogP contribution in [0.3, 0.4) is 0 Å². The number of carbonyl (C=O) groups excluding carboxylic acids is 3. The smallest absolute Gasteiger partial charge is 0.237 e. The van der Waals surface area contributed by atoms with Crippen LogP contribution in [0.1, 0.15) is 38.2 Å². The number of rotatable bonds is 2. The average Bonchev–Trinajstić information content (AvgIpc) is 3.15. The lowest BCUT2D eigenvalue weighted by atomic mass is 9.91. The van der Waals surface area contributed by atoms with Gasteiger partial charge in [-0.2, -0.15) is 0 Å². The first-order valence-corrected chi connectivity index (χ1v) is 10.4. The van der Waals surface area contributed by atoms with Crippen LogP contribution in [0, 0.1) is 12.5 Å². The third-order valence-corrected chi connectivity index (χ3v) is 5.76. The molecular weight excluding hydrogens is 370 g/mol. The van der Waals surface area contributed by atoms with Crippen LogP contribution in [0.25, 0.3) is 0 Å². The summed E-state index contributed by atoms with van der Waals surface area (Å²) in [7, 11) is 0. The zero-order valence-electron chi connectivity index (χ0n) is 16.9. The number of hydrogen-bond donors (Lipinski definition) is 3. The summed E-state index contributed by atoms with van der Waals surface area (Å²) in [6.45, 7) is 4.93. The molecule has 3 N–H and O–H groups in total. The fraction of sp³-hybridized carbons (Fsp3) is 0.545. The number of carbonyl (C=O) groups is 3. The Hall–Kier alpha value is -2.25. The molecule has 1 unspecified atom stereocenters. The van der Waals surface area contributed by atoms with Gasteiger partial charge in [-0.3, -0.25) is 19.3 Å². The molecule has 2 aliphatic rings. The van der Waals surface area contributed by atoms with Crippen molar-refractivity contribution in [3.8, 4) is 5.75 Å². The SMILES string of the molecule is CC1CC[CH]NCC(=O)CN2CCC[C@H]2C(=O)N[C@@H](Cc2ccc(O)cc2)C1=O. The quantitative estimate of drug-likeness (QED) is 0.690. The third kappa shape index (κ3) is 5.87. The van der Waals surface area contributed by atoms with Crippen LogP contribution in [-0.2, 0) is 20.8 Å². The number of hydrogen-bond acceptors (Lipinski definition) is 6. The van der Waals surface area contributed by atoms with E-state index in [9.17, 15) is 19.5 Å². The van der Waals surface area contributed by atoms with E-state index in [2.05, 4.69) is 10.6 Å². The Balaban J connectivity index is 1.79. The van der Waals surface area contributed by atoms with Crippen molar-refractivity contribution in [2.45, 2.75) is 51.1 Å². The van der Waals surface area contributed by atoms with Gasteiger partial charge in [0.1, 0.15) is 5.75 Å². The molecule has 2 aliphatic heterocycles. The van der Waals surface area contributed by atoms with E-state index in [-0.39, 0.29) is 48.3 Å². The van der Waals surface area contributed by atoms with Crippen LogP contribution in [0.2, 0.25) is 0 Å². The number of Topliss-reactive ketones (excluding diaryl/α,β-unsaturated/α-hetero) is 2. The van der Waals surface area contributed by atoms with Crippen LogP contribution in [0.5, 0.6) is 5.75 Å². The Bertz CT molecular complexity index is 734. The van der Waals surface area contributed by atoms with Gasteiger partial charge in [-0.15, -0.1) is 0 Å². The molecule has 3 atom stereocenters. The summed E-state index contributed by atoms with van der Waals surface area (Å²) in [6, 6.07) is 5.69. The molecule has 0 aromatic heterocycles. The van der Waals surface area contributed by atoms with Crippen LogP contribution < -0.4 is 10.6 Å². The maximum atomic E-state index is 13.1. The van der Waals surface area contributed by atoms with Crippen molar-refractivity contribution in [1.82, 2.24) is 15.5 Å². The van der Waals surface area contributed by atoms with Crippen molar-refractivity contribution in [2.75, 3.05) is 19.6 Å². The Kier molecular flexibility index (Phi) is 7.39. The fourth-order valence-electron chi connectivity index (χ4n) is 4.06. The van der Waals surface area contributed by atoms with Gasteiger partial charge in [-0.25, -0.2) is 0 Å². The van der Waals surface area contributed by atoms with Crippen molar-refractivity contribution < 1.29 is 19.5 Å². The second-order valence-corrected chi connectivity index (χ2v) is 8.06. The molecular formula is C22H30N3O4. The summed E-state index contributed by atoms with van der Waals surface area (Å²) < 4.78 is 0. The van der Waals surface area contributed by atoms with Gasteiger partial charge in [0.2, 0.25) is 5.91 Å². The van der Waals surface area contributed by atoms with Crippen LogP contribution in [-0.4, -0.2) is 59.2 Å². The zero-order chi connectivity index (χ0) is 20.8. The number of benzene rings is 1. The van der Waals surface area contributed by atoms with Crippen molar-refractivity contribution in [1.29, 1.82) is 0 Å². The Morgan fingerprint density at radius 3 is 2.66 bits per heavy atom. The predicted octanol–water partition coefficient (Wildman–Crippen LogP) is 1.20. The molecule has 1 aromatic rings. The molecule has 7 nitrogen and oxygen atoms in total.